The minimum absolute atomic E-state index is 0.322. The zero-order chi connectivity index (χ0) is 15.2. The molecule has 0 bridgehead atoms. The van der Waals surface area contributed by atoms with E-state index < -0.39 is 18.5 Å². The molecule has 2 rings (SSSR count). The summed E-state index contributed by atoms with van der Waals surface area (Å²) < 4.78 is 9.79. The maximum Gasteiger partial charge on any atom is 0.329 e. The summed E-state index contributed by atoms with van der Waals surface area (Å²) in [4.78, 5) is 21.9. The number of rotatable bonds is 6. The summed E-state index contributed by atoms with van der Waals surface area (Å²) in [6.45, 7) is 0.979. The number of hydrogen-bond donors (Lipinski definition) is 2. The van der Waals surface area contributed by atoms with Crippen LogP contribution in [0.3, 0.4) is 0 Å². The number of aryl methyl sites for hydroxylation is 1. The van der Waals surface area contributed by atoms with Gasteiger partial charge in [-0.3, -0.25) is 4.79 Å². The van der Waals surface area contributed by atoms with Crippen LogP contribution in [0.1, 0.15) is 5.56 Å². The second-order valence-corrected chi connectivity index (χ2v) is 4.21. The van der Waals surface area contributed by atoms with E-state index in [1.165, 1.54) is 6.39 Å². The van der Waals surface area contributed by atoms with Crippen molar-refractivity contribution in [2.24, 2.45) is 0 Å². The predicted molar refractivity (Wildman–Crippen MR) is 71.6 cm³/mol. The molecule has 0 saturated carbocycles. The number of anilines is 1. The molecule has 0 unspecified atom stereocenters. The largest absolute Gasteiger partial charge is 0.480 e. The van der Waals surface area contributed by atoms with E-state index in [1.807, 2.05) is 6.92 Å². The van der Waals surface area contributed by atoms with E-state index in [0.717, 1.165) is 11.1 Å². The number of ether oxygens (including phenoxy) is 1. The average Bonchev–Trinajstić information content (AvgIpc) is 2.94. The maximum atomic E-state index is 11.6. The Morgan fingerprint density at radius 2 is 2.19 bits per heavy atom. The molecular weight excluding hydrogens is 278 g/mol. The van der Waals surface area contributed by atoms with Gasteiger partial charge in [0.05, 0.1) is 0 Å². The number of nitrogens with zero attached hydrogens (tertiary/aromatic N) is 2. The topological polar surface area (TPSA) is 115 Å². The van der Waals surface area contributed by atoms with Gasteiger partial charge in [-0.15, -0.1) is 10.2 Å². The molecule has 21 heavy (non-hydrogen) atoms. The molecule has 2 N–H and O–H groups in total. The van der Waals surface area contributed by atoms with Crippen LogP contribution in [0, 0.1) is 6.92 Å². The van der Waals surface area contributed by atoms with E-state index in [0.29, 0.717) is 11.6 Å². The first kappa shape index (κ1) is 14.7. The number of hydrogen-bond acceptors (Lipinski definition) is 6. The van der Waals surface area contributed by atoms with Gasteiger partial charge in [-0.25, -0.2) is 4.79 Å². The van der Waals surface area contributed by atoms with E-state index in [2.05, 4.69) is 15.5 Å². The normalized spacial score (nSPS) is 10.3. The molecule has 2 aromatic rings. The molecule has 0 aliphatic heterocycles. The Balaban J connectivity index is 1.98. The first-order valence-corrected chi connectivity index (χ1v) is 6.03. The Morgan fingerprint density at radius 1 is 1.38 bits per heavy atom. The van der Waals surface area contributed by atoms with Crippen molar-refractivity contribution in [1.29, 1.82) is 0 Å². The SMILES string of the molecule is Cc1cc(-c2nnco2)ccc1NC(=O)COCC(=O)O. The van der Waals surface area contributed by atoms with E-state index >= 15 is 0 Å². The molecule has 1 aromatic carbocycles. The van der Waals surface area contributed by atoms with Crippen molar-refractivity contribution in [3.05, 3.63) is 30.2 Å². The quantitative estimate of drug-likeness (QED) is 0.818. The van der Waals surface area contributed by atoms with Crippen LogP contribution in [0.2, 0.25) is 0 Å². The third kappa shape index (κ3) is 4.11. The van der Waals surface area contributed by atoms with Gasteiger partial charge in [0.1, 0.15) is 13.2 Å². The van der Waals surface area contributed by atoms with Gasteiger partial charge in [0.15, 0.2) is 0 Å². The highest BCUT2D eigenvalue weighted by Crippen LogP contribution is 2.23. The molecule has 0 fully saturated rings. The molecule has 1 aromatic heterocycles. The third-order valence-corrected chi connectivity index (χ3v) is 2.57. The molecule has 8 nitrogen and oxygen atoms in total. The van der Waals surface area contributed by atoms with Crippen LogP contribution in [-0.2, 0) is 14.3 Å². The van der Waals surface area contributed by atoms with Crippen LogP contribution in [0.25, 0.3) is 11.5 Å². The van der Waals surface area contributed by atoms with E-state index in [1.54, 1.807) is 18.2 Å². The first-order chi connectivity index (χ1) is 10.1. The zero-order valence-electron chi connectivity index (χ0n) is 11.2. The van der Waals surface area contributed by atoms with Crippen molar-refractivity contribution in [1.82, 2.24) is 10.2 Å². The van der Waals surface area contributed by atoms with E-state index in [4.69, 9.17) is 14.3 Å². The summed E-state index contributed by atoms with van der Waals surface area (Å²) in [5, 5.41) is 18.4. The molecule has 0 aliphatic carbocycles. The molecule has 1 heterocycles. The van der Waals surface area contributed by atoms with Crippen LogP contribution in [0.15, 0.2) is 29.0 Å². The van der Waals surface area contributed by atoms with Crippen molar-refractivity contribution in [3.63, 3.8) is 0 Å². The maximum absolute atomic E-state index is 11.6. The summed E-state index contributed by atoms with van der Waals surface area (Å²) in [7, 11) is 0. The number of nitrogens with one attached hydrogen (secondary N) is 1. The number of aromatic nitrogens is 2. The van der Waals surface area contributed by atoms with E-state index in [-0.39, 0.29) is 6.61 Å². The van der Waals surface area contributed by atoms with Gasteiger partial charge in [0.25, 0.3) is 0 Å². The Kier molecular flexibility index (Phi) is 4.62. The zero-order valence-corrected chi connectivity index (χ0v) is 11.2. The molecule has 0 spiro atoms. The van der Waals surface area contributed by atoms with Gasteiger partial charge in [0, 0.05) is 11.3 Å². The Labute approximate surface area is 119 Å². The van der Waals surface area contributed by atoms with Crippen molar-refractivity contribution < 1.29 is 23.8 Å². The summed E-state index contributed by atoms with van der Waals surface area (Å²) in [6.07, 6.45) is 1.24. The van der Waals surface area contributed by atoms with Crippen molar-refractivity contribution in [3.8, 4) is 11.5 Å². The number of aliphatic carboxylic acids is 1. The number of carboxylic acid groups (broad SMARTS) is 1. The minimum atomic E-state index is -1.12. The lowest BCUT2D eigenvalue weighted by Gasteiger charge is -2.09. The van der Waals surface area contributed by atoms with Gasteiger partial charge in [-0.1, -0.05) is 0 Å². The summed E-state index contributed by atoms with van der Waals surface area (Å²) >= 11 is 0. The monoisotopic (exact) mass is 291 g/mol. The number of amides is 1. The lowest BCUT2D eigenvalue weighted by molar-refractivity contribution is -0.143. The predicted octanol–water partition coefficient (Wildman–Crippen LogP) is 1.08. The fourth-order valence-corrected chi connectivity index (χ4v) is 1.65. The second kappa shape index (κ2) is 6.62. The van der Waals surface area contributed by atoms with Gasteiger partial charge in [0.2, 0.25) is 18.2 Å². The van der Waals surface area contributed by atoms with E-state index in [9.17, 15) is 9.59 Å². The molecule has 0 saturated heterocycles. The van der Waals surface area contributed by atoms with Crippen molar-refractivity contribution >= 4 is 17.6 Å². The highest BCUT2D eigenvalue weighted by Gasteiger charge is 2.09. The first-order valence-electron chi connectivity index (χ1n) is 6.03. The van der Waals surface area contributed by atoms with Gasteiger partial charge < -0.3 is 19.6 Å². The van der Waals surface area contributed by atoms with Crippen LogP contribution in [0.5, 0.6) is 0 Å². The smallest absolute Gasteiger partial charge is 0.329 e. The number of benzene rings is 1. The summed E-state index contributed by atoms with van der Waals surface area (Å²) in [5.41, 5.74) is 2.14. The van der Waals surface area contributed by atoms with Crippen LogP contribution >= 0.6 is 0 Å². The molecule has 0 atom stereocenters. The van der Waals surface area contributed by atoms with Crippen LogP contribution in [-0.4, -0.2) is 40.4 Å². The summed E-state index contributed by atoms with van der Waals surface area (Å²) in [6, 6.07) is 5.22. The molecule has 1 amide bonds. The van der Waals surface area contributed by atoms with Crippen molar-refractivity contribution in [2.45, 2.75) is 6.92 Å². The fourth-order valence-electron chi connectivity index (χ4n) is 1.65. The minimum Gasteiger partial charge on any atom is -0.480 e. The summed E-state index contributed by atoms with van der Waals surface area (Å²) in [5.74, 6) is -1.16. The lowest BCUT2D eigenvalue weighted by atomic mass is 10.1. The van der Waals surface area contributed by atoms with Gasteiger partial charge in [-0.2, -0.15) is 0 Å². The molecule has 110 valence electrons. The standard InChI is InChI=1S/C13H13N3O5/c1-8-4-9(13-16-14-7-21-13)2-3-10(8)15-11(17)5-20-6-12(18)19/h2-4,7H,5-6H2,1H3,(H,15,17)(H,18,19). The highest BCUT2D eigenvalue weighted by atomic mass is 16.5. The molecule has 0 radical (unpaired) electrons. The van der Waals surface area contributed by atoms with Crippen LogP contribution in [0.4, 0.5) is 5.69 Å². The molecule has 0 aliphatic rings. The second-order valence-electron chi connectivity index (χ2n) is 4.21. The molecule has 8 heteroatoms. The Hall–Kier alpha value is -2.74. The molecular formula is C13H13N3O5. The lowest BCUT2D eigenvalue weighted by Crippen LogP contribution is -2.21. The van der Waals surface area contributed by atoms with Gasteiger partial charge >= 0.3 is 5.97 Å². The van der Waals surface area contributed by atoms with Crippen molar-refractivity contribution in [2.75, 3.05) is 18.5 Å². The third-order valence-electron chi connectivity index (χ3n) is 2.57. The van der Waals surface area contributed by atoms with Crippen LogP contribution < -0.4 is 5.32 Å². The van der Waals surface area contributed by atoms with Gasteiger partial charge in [-0.05, 0) is 30.7 Å². The fraction of sp³-hybridized carbons (Fsp3) is 0.231. The average molecular weight is 291 g/mol. The highest BCUT2D eigenvalue weighted by molar-refractivity contribution is 5.92. The Bertz CT molecular complexity index is 639. The number of carbonyl (C=O) groups excluding carboxylic acids is 1. The number of carbonyl (C=O) groups is 2. The number of carboxylic acids is 1. The Morgan fingerprint density at radius 3 is 2.81 bits per heavy atom.